The van der Waals surface area contributed by atoms with E-state index in [0.717, 1.165) is 42.9 Å². The Labute approximate surface area is 190 Å². The van der Waals surface area contributed by atoms with Crippen LogP contribution >= 0.6 is 0 Å². The molecule has 3 amide bonds. The van der Waals surface area contributed by atoms with E-state index in [0.29, 0.717) is 32.7 Å². The van der Waals surface area contributed by atoms with Crippen molar-refractivity contribution in [2.45, 2.75) is 32.6 Å². The molecule has 2 saturated heterocycles. The number of urea groups is 1. The van der Waals surface area contributed by atoms with E-state index in [-0.39, 0.29) is 17.9 Å². The fourth-order valence-electron chi connectivity index (χ4n) is 4.66. The van der Waals surface area contributed by atoms with Gasteiger partial charge in [0.1, 0.15) is 0 Å². The zero-order valence-electron chi connectivity index (χ0n) is 19.1. The molecular formula is C25H33N5O2. The molecule has 170 valence electrons. The number of carbonyl (C=O) groups is 2. The van der Waals surface area contributed by atoms with Gasteiger partial charge in [0.05, 0.1) is 11.3 Å². The number of amides is 3. The molecule has 0 saturated carbocycles. The van der Waals surface area contributed by atoms with Gasteiger partial charge in [-0.2, -0.15) is 0 Å². The van der Waals surface area contributed by atoms with Gasteiger partial charge in [0, 0.05) is 63.1 Å². The molecule has 0 spiro atoms. The van der Waals surface area contributed by atoms with Crippen molar-refractivity contribution in [2.24, 2.45) is 0 Å². The van der Waals surface area contributed by atoms with E-state index in [1.54, 1.807) is 0 Å². The molecule has 0 radical (unpaired) electrons. The Morgan fingerprint density at radius 3 is 2.28 bits per heavy atom. The van der Waals surface area contributed by atoms with Gasteiger partial charge in [-0.25, -0.2) is 4.79 Å². The van der Waals surface area contributed by atoms with Crippen LogP contribution in [0, 0.1) is 6.92 Å². The molecule has 1 aromatic carbocycles. The van der Waals surface area contributed by atoms with Crippen molar-refractivity contribution in [1.29, 1.82) is 0 Å². The van der Waals surface area contributed by atoms with Crippen LogP contribution in [0.15, 0.2) is 42.5 Å². The summed E-state index contributed by atoms with van der Waals surface area (Å²) >= 11 is 0. The van der Waals surface area contributed by atoms with Crippen LogP contribution in [0.25, 0.3) is 0 Å². The minimum Gasteiger partial charge on any atom is -0.368 e. The van der Waals surface area contributed by atoms with Crippen LogP contribution in [0.1, 0.15) is 47.4 Å². The minimum absolute atomic E-state index is 0.00395. The average molecular weight is 436 g/mol. The van der Waals surface area contributed by atoms with Crippen molar-refractivity contribution < 1.29 is 9.59 Å². The Morgan fingerprint density at radius 2 is 1.62 bits per heavy atom. The van der Waals surface area contributed by atoms with Gasteiger partial charge in [-0.1, -0.05) is 18.2 Å². The Hall–Kier alpha value is -3.09. The van der Waals surface area contributed by atoms with Crippen molar-refractivity contribution in [3.63, 3.8) is 0 Å². The maximum atomic E-state index is 13.5. The minimum atomic E-state index is -0.00395. The summed E-state index contributed by atoms with van der Waals surface area (Å²) in [5.74, 6) is 0.275. The highest BCUT2D eigenvalue weighted by Gasteiger charge is 2.30. The lowest BCUT2D eigenvalue weighted by molar-refractivity contribution is 0.0743. The van der Waals surface area contributed by atoms with E-state index >= 15 is 0 Å². The Kier molecular flexibility index (Phi) is 6.93. The number of hydrogen-bond donors (Lipinski definition) is 1. The maximum Gasteiger partial charge on any atom is 0.317 e. The number of nitrogens with one attached hydrogen (secondary N) is 1. The van der Waals surface area contributed by atoms with Gasteiger partial charge in [0.15, 0.2) is 0 Å². The van der Waals surface area contributed by atoms with Crippen LogP contribution in [0.3, 0.4) is 0 Å². The normalized spacial score (nSPS) is 17.4. The Balaban J connectivity index is 1.43. The van der Waals surface area contributed by atoms with Gasteiger partial charge in [0.25, 0.3) is 5.91 Å². The molecule has 2 aliphatic rings. The van der Waals surface area contributed by atoms with Gasteiger partial charge < -0.3 is 20.0 Å². The number of nitrogens with zero attached hydrogens (tertiary/aromatic N) is 4. The molecule has 7 nitrogen and oxygen atoms in total. The molecular weight excluding hydrogens is 402 g/mol. The number of piperazine rings is 1. The lowest BCUT2D eigenvalue weighted by Crippen LogP contribution is -2.49. The number of aromatic nitrogens is 1. The molecule has 1 N–H and O–H groups in total. The number of benzene rings is 1. The summed E-state index contributed by atoms with van der Waals surface area (Å²) in [6.07, 6.45) is 1.66. The predicted molar refractivity (Wildman–Crippen MR) is 126 cm³/mol. The van der Waals surface area contributed by atoms with E-state index in [4.69, 9.17) is 4.98 Å². The number of pyridine rings is 1. The smallest absolute Gasteiger partial charge is 0.317 e. The highest BCUT2D eigenvalue weighted by atomic mass is 16.2. The highest BCUT2D eigenvalue weighted by Crippen LogP contribution is 2.30. The van der Waals surface area contributed by atoms with Crippen LogP contribution < -0.4 is 10.2 Å². The molecule has 7 heteroatoms. The predicted octanol–water partition coefficient (Wildman–Crippen LogP) is 3.26. The summed E-state index contributed by atoms with van der Waals surface area (Å²) in [6, 6.07) is 14.2. The van der Waals surface area contributed by atoms with Gasteiger partial charge in [-0.05, 0) is 51.0 Å². The number of aryl methyl sites for hydroxylation is 1. The number of piperidine rings is 1. The molecule has 0 aliphatic carbocycles. The van der Waals surface area contributed by atoms with Crippen LogP contribution in [-0.2, 0) is 0 Å². The number of hydrogen-bond acceptors (Lipinski definition) is 4. The third-order valence-electron chi connectivity index (χ3n) is 6.48. The maximum absolute atomic E-state index is 13.5. The van der Waals surface area contributed by atoms with E-state index in [1.807, 2.05) is 54.0 Å². The Bertz CT molecular complexity index is 933. The molecule has 2 aromatic rings. The lowest BCUT2D eigenvalue weighted by atomic mass is 9.89. The molecule has 4 rings (SSSR count). The number of rotatable bonds is 4. The van der Waals surface area contributed by atoms with Gasteiger partial charge in [0.2, 0.25) is 0 Å². The van der Waals surface area contributed by atoms with Crippen LogP contribution in [-0.4, -0.2) is 72.5 Å². The zero-order chi connectivity index (χ0) is 22.5. The summed E-state index contributed by atoms with van der Waals surface area (Å²) in [6.45, 7) is 8.98. The van der Waals surface area contributed by atoms with Crippen molar-refractivity contribution >= 4 is 17.6 Å². The summed E-state index contributed by atoms with van der Waals surface area (Å²) in [5.41, 5.74) is 3.75. The largest absolute Gasteiger partial charge is 0.368 e. The van der Waals surface area contributed by atoms with Gasteiger partial charge in [-0.3, -0.25) is 9.78 Å². The first kappa shape index (κ1) is 22.1. The Morgan fingerprint density at radius 1 is 0.938 bits per heavy atom. The monoisotopic (exact) mass is 435 g/mol. The van der Waals surface area contributed by atoms with E-state index < -0.39 is 0 Å². The number of carbonyl (C=O) groups excluding carboxylic acids is 2. The third-order valence-corrected chi connectivity index (χ3v) is 6.48. The molecule has 1 aromatic heterocycles. The van der Waals surface area contributed by atoms with Gasteiger partial charge in [-0.15, -0.1) is 0 Å². The van der Waals surface area contributed by atoms with E-state index in [9.17, 15) is 9.59 Å². The van der Waals surface area contributed by atoms with Crippen molar-refractivity contribution in [2.75, 3.05) is 50.7 Å². The third kappa shape index (κ3) is 4.87. The van der Waals surface area contributed by atoms with Crippen LogP contribution in [0.2, 0.25) is 0 Å². The summed E-state index contributed by atoms with van der Waals surface area (Å²) in [5, 5.41) is 2.87. The van der Waals surface area contributed by atoms with Crippen molar-refractivity contribution in [1.82, 2.24) is 20.1 Å². The summed E-state index contributed by atoms with van der Waals surface area (Å²) in [4.78, 5) is 36.6. The average Bonchev–Trinajstić information content (AvgIpc) is 2.84. The fourth-order valence-corrected chi connectivity index (χ4v) is 4.66. The van der Waals surface area contributed by atoms with Crippen LogP contribution in [0.5, 0.6) is 0 Å². The summed E-state index contributed by atoms with van der Waals surface area (Å²) < 4.78 is 0. The number of anilines is 1. The SMILES string of the molecule is CCNC(=O)N1CCC(c2nc(C)ccc2C(=O)N2CCN(c3ccccc3)CC2)CC1. The van der Waals surface area contributed by atoms with E-state index in [2.05, 4.69) is 22.3 Å². The zero-order valence-corrected chi connectivity index (χ0v) is 19.1. The highest BCUT2D eigenvalue weighted by molar-refractivity contribution is 5.95. The first-order valence-electron chi connectivity index (χ1n) is 11.7. The van der Waals surface area contributed by atoms with Gasteiger partial charge >= 0.3 is 6.03 Å². The lowest BCUT2D eigenvalue weighted by Gasteiger charge is -2.37. The van der Waals surface area contributed by atoms with E-state index in [1.165, 1.54) is 5.69 Å². The standard InChI is InChI=1S/C25H33N5O2/c1-3-26-25(32)30-13-11-20(12-14-30)23-22(10-9-19(2)27-23)24(31)29-17-15-28(16-18-29)21-7-5-4-6-8-21/h4-10,20H,3,11-18H2,1-2H3,(H,26,32). The molecule has 32 heavy (non-hydrogen) atoms. The topological polar surface area (TPSA) is 68.8 Å². The fraction of sp³-hybridized carbons (Fsp3) is 0.480. The molecule has 3 heterocycles. The van der Waals surface area contributed by atoms with Crippen molar-refractivity contribution in [3.05, 3.63) is 59.4 Å². The number of likely N-dealkylation sites (tertiary alicyclic amines) is 1. The second-order valence-electron chi connectivity index (χ2n) is 8.60. The quantitative estimate of drug-likeness (QED) is 0.800. The first-order valence-corrected chi connectivity index (χ1v) is 11.7. The molecule has 0 bridgehead atoms. The molecule has 0 atom stereocenters. The van der Waals surface area contributed by atoms with Crippen LogP contribution in [0.4, 0.5) is 10.5 Å². The molecule has 2 fully saturated rings. The summed E-state index contributed by atoms with van der Waals surface area (Å²) in [7, 11) is 0. The first-order chi connectivity index (χ1) is 15.6. The second kappa shape index (κ2) is 10.0. The number of para-hydroxylation sites is 1. The second-order valence-corrected chi connectivity index (χ2v) is 8.60. The molecule has 0 unspecified atom stereocenters. The molecule has 2 aliphatic heterocycles. The van der Waals surface area contributed by atoms with Crippen molar-refractivity contribution in [3.8, 4) is 0 Å².